The van der Waals surface area contributed by atoms with Crippen LogP contribution in [0.15, 0.2) is 18.2 Å². The Morgan fingerprint density at radius 3 is 2.35 bits per heavy atom. The molecule has 0 aromatic heterocycles. The van der Waals surface area contributed by atoms with E-state index in [1.807, 2.05) is 19.1 Å². The van der Waals surface area contributed by atoms with Crippen LogP contribution in [0.4, 0.5) is 4.39 Å². The van der Waals surface area contributed by atoms with Crippen LogP contribution >= 0.6 is 0 Å². The number of aryl methyl sites for hydroxylation is 1. The van der Waals surface area contributed by atoms with Crippen molar-refractivity contribution in [2.45, 2.75) is 65.5 Å². The Bertz CT molecular complexity index is 357. The van der Waals surface area contributed by atoms with Gasteiger partial charge >= 0.3 is 0 Å². The Labute approximate surface area is 105 Å². The van der Waals surface area contributed by atoms with Crippen molar-refractivity contribution in [2.24, 2.45) is 0 Å². The molecule has 1 heteroatoms. The van der Waals surface area contributed by atoms with Gasteiger partial charge in [-0.05, 0) is 43.4 Å². The van der Waals surface area contributed by atoms with Crippen molar-refractivity contribution in [3.05, 3.63) is 34.9 Å². The van der Waals surface area contributed by atoms with Crippen LogP contribution in [-0.4, -0.2) is 0 Å². The van der Waals surface area contributed by atoms with Gasteiger partial charge in [0, 0.05) is 0 Å². The van der Waals surface area contributed by atoms with Crippen molar-refractivity contribution in [1.82, 2.24) is 0 Å². The first-order valence-electron chi connectivity index (χ1n) is 6.80. The molecule has 0 aliphatic rings. The molecule has 17 heavy (non-hydrogen) atoms. The Morgan fingerprint density at radius 1 is 1.06 bits per heavy atom. The summed E-state index contributed by atoms with van der Waals surface area (Å²) in [5.74, 6) is 0. The number of alkyl halides is 1. The average Bonchev–Trinajstić information content (AvgIpc) is 2.30. The zero-order valence-electron chi connectivity index (χ0n) is 11.6. The van der Waals surface area contributed by atoms with Crippen molar-refractivity contribution >= 4 is 0 Å². The van der Waals surface area contributed by atoms with Gasteiger partial charge in [-0.15, -0.1) is 0 Å². The lowest BCUT2D eigenvalue weighted by molar-refractivity contribution is 0.130. The van der Waals surface area contributed by atoms with Crippen LogP contribution in [0.25, 0.3) is 0 Å². The van der Waals surface area contributed by atoms with Gasteiger partial charge in [-0.25, -0.2) is 4.39 Å². The van der Waals surface area contributed by atoms with Gasteiger partial charge in [0.25, 0.3) is 0 Å². The number of benzene rings is 1. The highest BCUT2D eigenvalue weighted by Gasteiger charge is 2.31. The second-order valence-corrected chi connectivity index (χ2v) is 5.07. The van der Waals surface area contributed by atoms with Crippen molar-refractivity contribution in [3.8, 4) is 0 Å². The van der Waals surface area contributed by atoms with E-state index in [0.29, 0.717) is 12.8 Å². The lowest BCUT2D eigenvalue weighted by Gasteiger charge is -2.28. The molecule has 0 saturated heterocycles. The van der Waals surface area contributed by atoms with E-state index in [4.69, 9.17) is 0 Å². The minimum Gasteiger partial charge on any atom is -0.239 e. The first-order chi connectivity index (χ1) is 8.05. The van der Waals surface area contributed by atoms with Crippen LogP contribution in [0.3, 0.4) is 0 Å². The Morgan fingerprint density at radius 2 is 1.76 bits per heavy atom. The highest BCUT2D eigenvalue weighted by atomic mass is 19.1. The largest absolute Gasteiger partial charge is 0.239 e. The zero-order chi connectivity index (χ0) is 12.9. The summed E-state index contributed by atoms with van der Waals surface area (Å²) < 4.78 is 15.2. The van der Waals surface area contributed by atoms with E-state index in [9.17, 15) is 0 Å². The molecule has 0 aliphatic heterocycles. The number of halogens is 1. The Kier molecular flexibility index (Phi) is 5.17. The van der Waals surface area contributed by atoms with Crippen molar-refractivity contribution in [2.75, 3.05) is 0 Å². The molecule has 1 rings (SSSR count). The number of hydrogen-bond donors (Lipinski definition) is 0. The van der Waals surface area contributed by atoms with Gasteiger partial charge in [-0.3, -0.25) is 0 Å². The summed E-state index contributed by atoms with van der Waals surface area (Å²) in [7, 11) is 0. The van der Waals surface area contributed by atoms with Crippen LogP contribution in [-0.2, 0) is 5.67 Å². The molecule has 0 spiro atoms. The average molecular weight is 236 g/mol. The smallest absolute Gasteiger partial charge is 0.136 e. The maximum atomic E-state index is 15.2. The normalized spacial score (nSPS) is 14.6. The first-order valence-corrected chi connectivity index (χ1v) is 6.80. The van der Waals surface area contributed by atoms with Crippen molar-refractivity contribution in [3.63, 3.8) is 0 Å². The topological polar surface area (TPSA) is 0 Å². The molecule has 0 radical (unpaired) electrons. The zero-order valence-corrected chi connectivity index (χ0v) is 11.6. The maximum Gasteiger partial charge on any atom is 0.136 e. The van der Waals surface area contributed by atoms with Gasteiger partial charge < -0.3 is 0 Å². The summed E-state index contributed by atoms with van der Waals surface area (Å²) >= 11 is 0. The molecule has 0 saturated carbocycles. The van der Waals surface area contributed by atoms with E-state index in [0.717, 1.165) is 30.4 Å². The van der Waals surface area contributed by atoms with Crippen molar-refractivity contribution in [1.29, 1.82) is 0 Å². The molecule has 1 aromatic rings. The summed E-state index contributed by atoms with van der Waals surface area (Å²) in [5, 5.41) is 0. The fourth-order valence-electron chi connectivity index (χ4n) is 2.48. The molecule has 0 heterocycles. The summed E-state index contributed by atoms with van der Waals surface area (Å²) in [6, 6.07) is 6.01. The van der Waals surface area contributed by atoms with Crippen LogP contribution in [0.5, 0.6) is 0 Å². The molecule has 1 unspecified atom stereocenters. The van der Waals surface area contributed by atoms with Crippen LogP contribution in [0, 0.1) is 13.8 Å². The molecule has 0 aliphatic carbocycles. The molecule has 1 atom stereocenters. The van der Waals surface area contributed by atoms with E-state index in [1.165, 1.54) is 5.56 Å². The van der Waals surface area contributed by atoms with E-state index >= 15 is 4.39 Å². The van der Waals surface area contributed by atoms with Crippen LogP contribution in [0.1, 0.15) is 62.6 Å². The van der Waals surface area contributed by atoms with Gasteiger partial charge in [0.05, 0.1) is 0 Å². The minimum atomic E-state index is -1.12. The summed E-state index contributed by atoms with van der Waals surface area (Å²) in [5.41, 5.74) is 2.10. The highest BCUT2D eigenvalue weighted by Crippen LogP contribution is 2.38. The molecule has 96 valence electrons. The quantitative estimate of drug-likeness (QED) is 0.615. The van der Waals surface area contributed by atoms with E-state index < -0.39 is 5.67 Å². The van der Waals surface area contributed by atoms with Gasteiger partial charge in [-0.2, -0.15) is 0 Å². The molecular formula is C16H25F. The third-order valence-corrected chi connectivity index (χ3v) is 3.66. The first kappa shape index (κ1) is 14.2. The van der Waals surface area contributed by atoms with Gasteiger partial charge in [0.1, 0.15) is 5.67 Å². The fourth-order valence-corrected chi connectivity index (χ4v) is 2.48. The lowest BCUT2D eigenvalue weighted by Crippen LogP contribution is -2.21. The van der Waals surface area contributed by atoms with Crippen molar-refractivity contribution < 1.29 is 4.39 Å². The number of unbranched alkanes of at least 4 members (excludes halogenated alkanes) is 1. The van der Waals surface area contributed by atoms with E-state index in [1.54, 1.807) is 0 Å². The molecule has 0 nitrogen and oxygen atoms in total. The predicted molar refractivity (Wildman–Crippen MR) is 73.1 cm³/mol. The molecule has 0 bridgehead atoms. The molecule has 0 amide bonds. The standard InChI is InChI=1S/C16H25F/c1-5-7-12-16(17,11-6-2)15-10-8-9-13(3)14(15)4/h8-10H,5-7,11-12H2,1-4H3. The number of hydrogen-bond acceptors (Lipinski definition) is 0. The summed E-state index contributed by atoms with van der Waals surface area (Å²) in [6.45, 7) is 8.28. The Balaban J connectivity index is 3.08. The Hall–Kier alpha value is -0.850. The SMILES string of the molecule is CCCCC(F)(CCC)c1cccc(C)c1C. The minimum absolute atomic E-state index is 0.636. The van der Waals surface area contributed by atoms with E-state index in [-0.39, 0.29) is 0 Å². The second-order valence-electron chi connectivity index (χ2n) is 5.07. The molecule has 0 N–H and O–H groups in total. The highest BCUT2D eigenvalue weighted by molar-refractivity contribution is 5.37. The fraction of sp³-hybridized carbons (Fsp3) is 0.625. The summed E-state index contributed by atoms with van der Waals surface area (Å²) in [4.78, 5) is 0. The van der Waals surface area contributed by atoms with Gasteiger partial charge in [0.15, 0.2) is 0 Å². The molecule has 1 aromatic carbocycles. The van der Waals surface area contributed by atoms with Crippen LogP contribution < -0.4 is 0 Å². The van der Waals surface area contributed by atoms with Crippen LogP contribution in [0.2, 0.25) is 0 Å². The predicted octanol–water partition coefficient (Wildman–Crippen LogP) is 5.46. The summed E-state index contributed by atoms with van der Waals surface area (Å²) in [6.07, 6.45) is 4.21. The lowest BCUT2D eigenvalue weighted by atomic mass is 9.83. The van der Waals surface area contributed by atoms with Gasteiger partial charge in [-0.1, -0.05) is 51.3 Å². The maximum absolute atomic E-state index is 15.2. The third-order valence-electron chi connectivity index (χ3n) is 3.66. The third kappa shape index (κ3) is 3.31. The monoisotopic (exact) mass is 236 g/mol. The van der Waals surface area contributed by atoms with E-state index in [2.05, 4.69) is 26.8 Å². The number of rotatable bonds is 6. The molecule has 0 fully saturated rings. The second kappa shape index (κ2) is 6.18. The van der Waals surface area contributed by atoms with Gasteiger partial charge in [0.2, 0.25) is 0 Å². The molecular weight excluding hydrogens is 211 g/mol.